The van der Waals surface area contributed by atoms with Crippen molar-refractivity contribution in [2.75, 3.05) is 0 Å². The summed E-state index contributed by atoms with van der Waals surface area (Å²) in [6.07, 6.45) is 3.07. The van der Waals surface area contributed by atoms with Crippen molar-refractivity contribution in [1.29, 1.82) is 0 Å². The average Bonchev–Trinajstić information content (AvgIpc) is 2.40. The lowest BCUT2D eigenvalue weighted by Crippen LogP contribution is -2.22. The van der Waals surface area contributed by atoms with Crippen molar-refractivity contribution in [3.8, 4) is 0 Å². The Morgan fingerprint density at radius 2 is 1.71 bits per heavy atom. The van der Waals surface area contributed by atoms with Gasteiger partial charge in [0.2, 0.25) is 0 Å². The van der Waals surface area contributed by atoms with Gasteiger partial charge in [-0.15, -0.1) is 0 Å². The summed E-state index contributed by atoms with van der Waals surface area (Å²) in [6.45, 7) is 12.5. The highest BCUT2D eigenvalue weighted by Gasteiger charge is 2.26. The maximum Gasteiger partial charge on any atom is 0.184 e. The first-order chi connectivity index (χ1) is 7.50. The summed E-state index contributed by atoms with van der Waals surface area (Å²) in [4.78, 5) is 12.2. The number of nitrogens with zero attached hydrogens (tertiary/aromatic N) is 1. The predicted molar refractivity (Wildman–Crippen MR) is 72.4 cm³/mol. The molecule has 17 heavy (non-hydrogen) atoms. The summed E-state index contributed by atoms with van der Waals surface area (Å²) in [5.74, 6) is 0.208. The second-order valence-corrected chi connectivity index (χ2v) is 7.16. The number of carbonyl (C=O) groups excluding carboxylic acids is 1. The molecule has 0 aliphatic rings. The standard InChI is InChI=1S/C15H25NO/c1-14(2,3)9-11-8-12(16(7)10-11)13(17)15(4,5)6/h8,10H,9H2,1-7H3. The van der Waals surface area contributed by atoms with E-state index in [1.165, 1.54) is 5.56 Å². The Balaban J connectivity index is 3.01. The van der Waals surface area contributed by atoms with Gasteiger partial charge in [0, 0.05) is 18.7 Å². The molecule has 0 saturated carbocycles. The molecule has 0 saturated heterocycles. The van der Waals surface area contributed by atoms with Crippen LogP contribution in [-0.4, -0.2) is 10.4 Å². The number of hydrogen-bond acceptors (Lipinski definition) is 1. The Bertz CT molecular complexity index is 413. The molecule has 1 rings (SSSR count). The van der Waals surface area contributed by atoms with Gasteiger partial charge >= 0.3 is 0 Å². The fourth-order valence-corrected chi connectivity index (χ4v) is 1.95. The number of aryl methyl sites for hydroxylation is 1. The van der Waals surface area contributed by atoms with Gasteiger partial charge < -0.3 is 4.57 Å². The molecule has 2 heteroatoms. The summed E-state index contributed by atoms with van der Waals surface area (Å²) in [5, 5.41) is 0. The first-order valence-electron chi connectivity index (χ1n) is 6.21. The molecular weight excluding hydrogens is 210 g/mol. The quantitative estimate of drug-likeness (QED) is 0.714. The van der Waals surface area contributed by atoms with Crippen molar-refractivity contribution in [1.82, 2.24) is 4.57 Å². The van der Waals surface area contributed by atoms with Crippen LogP contribution >= 0.6 is 0 Å². The molecule has 1 aromatic rings. The fourth-order valence-electron chi connectivity index (χ4n) is 1.95. The highest BCUT2D eigenvalue weighted by molar-refractivity contribution is 5.98. The monoisotopic (exact) mass is 235 g/mol. The molecule has 0 aliphatic carbocycles. The summed E-state index contributed by atoms with van der Waals surface area (Å²) >= 11 is 0. The third-order valence-corrected chi connectivity index (χ3v) is 2.71. The lowest BCUT2D eigenvalue weighted by molar-refractivity contribution is 0.0849. The van der Waals surface area contributed by atoms with Crippen LogP contribution in [0, 0.1) is 10.8 Å². The minimum atomic E-state index is -0.314. The maximum absolute atomic E-state index is 12.2. The fraction of sp³-hybridized carbons (Fsp3) is 0.667. The van der Waals surface area contributed by atoms with Crippen LogP contribution in [0.1, 0.15) is 57.6 Å². The van der Waals surface area contributed by atoms with E-state index in [0.717, 1.165) is 12.1 Å². The molecule has 0 fully saturated rings. The average molecular weight is 235 g/mol. The maximum atomic E-state index is 12.2. The molecule has 0 aromatic carbocycles. The summed E-state index contributed by atoms with van der Waals surface area (Å²) in [5.41, 5.74) is 2.00. The van der Waals surface area contributed by atoms with E-state index in [-0.39, 0.29) is 16.6 Å². The van der Waals surface area contributed by atoms with Crippen LogP contribution in [0.2, 0.25) is 0 Å². The van der Waals surface area contributed by atoms with Crippen LogP contribution in [-0.2, 0) is 13.5 Å². The number of rotatable bonds is 2. The van der Waals surface area contributed by atoms with E-state index in [4.69, 9.17) is 0 Å². The summed E-state index contributed by atoms with van der Waals surface area (Å²) in [6, 6.07) is 2.04. The third kappa shape index (κ3) is 3.72. The third-order valence-electron chi connectivity index (χ3n) is 2.71. The molecule has 0 amide bonds. The summed E-state index contributed by atoms with van der Waals surface area (Å²) < 4.78 is 1.95. The van der Waals surface area contributed by atoms with E-state index in [0.29, 0.717) is 0 Å². The highest BCUT2D eigenvalue weighted by atomic mass is 16.1. The van der Waals surface area contributed by atoms with Gasteiger partial charge in [0.25, 0.3) is 0 Å². The molecule has 2 nitrogen and oxygen atoms in total. The highest BCUT2D eigenvalue weighted by Crippen LogP contribution is 2.25. The zero-order valence-corrected chi connectivity index (χ0v) is 12.2. The van der Waals surface area contributed by atoms with Crippen LogP contribution in [0.15, 0.2) is 12.3 Å². The molecule has 1 aromatic heterocycles. The van der Waals surface area contributed by atoms with Gasteiger partial charge in [0.15, 0.2) is 5.78 Å². The van der Waals surface area contributed by atoms with E-state index in [1.807, 2.05) is 38.5 Å². The van der Waals surface area contributed by atoms with Crippen molar-refractivity contribution in [3.63, 3.8) is 0 Å². The van der Waals surface area contributed by atoms with E-state index in [2.05, 4.69) is 27.0 Å². The zero-order valence-electron chi connectivity index (χ0n) is 12.2. The first-order valence-corrected chi connectivity index (χ1v) is 6.21. The lowest BCUT2D eigenvalue weighted by Gasteiger charge is -2.17. The van der Waals surface area contributed by atoms with Crippen molar-refractivity contribution < 1.29 is 4.79 Å². The van der Waals surface area contributed by atoms with Crippen LogP contribution < -0.4 is 0 Å². The number of Topliss-reactive ketones (excluding diaryl/α,β-unsaturated/α-hetero) is 1. The van der Waals surface area contributed by atoms with Gasteiger partial charge in [-0.05, 0) is 23.5 Å². The Hall–Kier alpha value is -1.05. The van der Waals surface area contributed by atoms with Crippen LogP contribution in [0.5, 0.6) is 0 Å². The Labute approximate surface area is 105 Å². The number of hydrogen-bond donors (Lipinski definition) is 0. The van der Waals surface area contributed by atoms with Gasteiger partial charge in [-0.3, -0.25) is 4.79 Å². The number of aromatic nitrogens is 1. The predicted octanol–water partition coefficient (Wildman–Crippen LogP) is 3.84. The molecule has 0 aliphatic heterocycles. The second-order valence-electron chi connectivity index (χ2n) is 7.16. The van der Waals surface area contributed by atoms with Crippen molar-refractivity contribution in [2.45, 2.75) is 48.0 Å². The molecule has 0 radical (unpaired) electrons. The smallest absolute Gasteiger partial charge is 0.184 e. The van der Waals surface area contributed by atoms with Crippen molar-refractivity contribution >= 4 is 5.78 Å². The minimum Gasteiger partial charge on any atom is -0.348 e. The normalized spacial score (nSPS) is 12.9. The molecule has 0 spiro atoms. The van der Waals surface area contributed by atoms with Gasteiger partial charge in [-0.1, -0.05) is 41.5 Å². The lowest BCUT2D eigenvalue weighted by atomic mass is 9.87. The summed E-state index contributed by atoms with van der Waals surface area (Å²) in [7, 11) is 1.95. The molecule has 96 valence electrons. The van der Waals surface area contributed by atoms with Gasteiger partial charge in [0.1, 0.15) is 0 Å². The van der Waals surface area contributed by atoms with E-state index < -0.39 is 0 Å². The SMILES string of the molecule is Cn1cc(CC(C)(C)C)cc1C(=O)C(C)(C)C. The van der Waals surface area contributed by atoms with E-state index >= 15 is 0 Å². The first kappa shape index (κ1) is 14.0. The minimum absolute atomic E-state index is 0.208. The van der Waals surface area contributed by atoms with Gasteiger partial charge in [-0.25, -0.2) is 0 Å². The molecule has 1 heterocycles. The molecule has 0 bridgehead atoms. The van der Waals surface area contributed by atoms with Crippen LogP contribution in [0.25, 0.3) is 0 Å². The Morgan fingerprint density at radius 3 is 2.12 bits per heavy atom. The van der Waals surface area contributed by atoms with Crippen LogP contribution in [0.4, 0.5) is 0 Å². The second kappa shape index (κ2) is 4.32. The molecule has 0 unspecified atom stereocenters. The number of carbonyl (C=O) groups is 1. The largest absolute Gasteiger partial charge is 0.348 e. The van der Waals surface area contributed by atoms with Crippen LogP contribution in [0.3, 0.4) is 0 Å². The molecule has 0 N–H and O–H groups in total. The van der Waals surface area contributed by atoms with E-state index in [1.54, 1.807) is 0 Å². The van der Waals surface area contributed by atoms with Crippen molar-refractivity contribution in [2.24, 2.45) is 17.9 Å². The van der Waals surface area contributed by atoms with Crippen molar-refractivity contribution in [3.05, 3.63) is 23.5 Å². The topological polar surface area (TPSA) is 22.0 Å². The Kier molecular flexibility index (Phi) is 3.56. The number of ketones is 1. The van der Waals surface area contributed by atoms with Gasteiger partial charge in [-0.2, -0.15) is 0 Å². The Morgan fingerprint density at radius 1 is 1.18 bits per heavy atom. The molecular formula is C15H25NO. The van der Waals surface area contributed by atoms with E-state index in [9.17, 15) is 4.79 Å². The van der Waals surface area contributed by atoms with Gasteiger partial charge in [0.05, 0.1) is 5.69 Å². The molecule has 0 atom stereocenters. The zero-order chi connectivity index (χ0) is 13.4.